The number of carbonyl (C=O) groups is 1. The maximum absolute atomic E-state index is 12.3. The molecule has 1 amide bonds. The number of halogens is 1. The molecule has 0 aliphatic carbocycles. The molecule has 4 nitrogen and oxygen atoms in total. The number of ether oxygens (including phenoxy) is 2. The Labute approximate surface area is 160 Å². The molecule has 0 bridgehead atoms. The van der Waals surface area contributed by atoms with E-state index in [1.165, 1.54) is 19.3 Å². The minimum absolute atomic E-state index is 0.238. The molecule has 2 aromatic rings. The van der Waals surface area contributed by atoms with Crippen LogP contribution in [0.2, 0.25) is 5.02 Å². The lowest BCUT2D eigenvalue weighted by atomic mass is 10.2. The number of rotatable bonds is 10. The van der Waals surface area contributed by atoms with Crippen LogP contribution in [-0.4, -0.2) is 18.6 Å². The summed E-state index contributed by atoms with van der Waals surface area (Å²) in [6.07, 6.45) is 4.04. The van der Waals surface area contributed by atoms with Crippen LogP contribution in [0.15, 0.2) is 48.5 Å². The summed E-state index contributed by atoms with van der Waals surface area (Å²) in [5.41, 5.74) is 0.697. The zero-order chi connectivity index (χ0) is 18.8. The topological polar surface area (TPSA) is 47.6 Å². The number of anilines is 1. The Balaban J connectivity index is 1.80. The number of hydrogen-bond acceptors (Lipinski definition) is 3. The van der Waals surface area contributed by atoms with Crippen LogP contribution in [0.5, 0.6) is 11.5 Å². The van der Waals surface area contributed by atoms with Gasteiger partial charge in [-0.3, -0.25) is 4.79 Å². The molecule has 0 unspecified atom stereocenters. The Morgan fingerprint density at radius 3 is 2.50 bits per heavy atom. The summed E-state index contributed by atoms with van der Waals surface area (Å²) >= 11 is 6.05. The quantitative estimate of drug-likeness (QED) is 0.541. The molecule has 140 valence electrons. The summed E-state index contributed by atoms with van der Waals surface area (Å²) in [5.74, 6) is 1.06. The first-order chi connectivity index (χ1) is 12.6. The van der Waals surface area contributed by atoms with Crippen molar-refractivity contribution in [1.29, 1.82) is 0 Å². The van der Waals surface area contributed by atoms with Gasteiger partial charge in [0.1, 0.15) is 11.5 Å². The second-order valence-electron chi connectivity index (χ2n) is 6.11. The molecular formula is C21H26ClNO3. The number of carbonyl (C=O) groups excluding carboxylic acids is 1. The Morgan fingerprint density at radius 1 is 1.08 bits per heavy atom. The van der Waals surface area contributed by atoms with Gasteiger partial charge in [0.15, 0.2) is 6.10 Å². The van der Waals surface area contributed by atoms with Crippen molar-refractivity contribution in [1.82, 2.24) is 0 Å². The number of para-hydroxylation sites is 1. The summed E-state index contributed by atoms with van der Waals surface area (Å²) in [4.78, 5) is 12.3. The van der Waals surface area contributed by atoms with Crippen LogP contribution in [0.25, 0.3) is 0 Å². The number of hydrogen-bond donors (Lipinski definition) is 1. The zero-order valence-corrected chi connectivity index (χ0v) is 16.1. The third-order valence-electron chi connectivity index (χ3n) is 3.90. The van der Waals surface area contributed by atoms with Crippen molar-refractivity contribution in [3.63, 3.8) is 0 Å². The number of benzene rings is 2. The normalized spacial score (nSPS) is 11.7. The van der Waals surface area contributed by atoms with Crippen LogP contribution in [0, 0.1) is 0 Å². The second kappa shape index (κ2) is 10.7. The molecule has 26 heavy (non-hydrogen) atoms. The van der Waals surface area contributed by atoms with Crippen LogP contribution in [-0.2, 0) is 4.79 Å². The molecule has 0 aliphatic rings. The van der Waals surface area contributed by atoms with Crippen molar-refractivity contribution in [3.05, 3.63) is 53.6 Å². The highest BCUT2D eigenvalue weighted by Gasteiger charge is 2.16. The lowest BCUT2D eigenvalue weighted by molar-refractivity contribution is -0.122. The molecule has 0 spiro atoms. The monoisotopic (exact) mass is 375 g/mol. The van der Waals surface area contributed by atoms with E-state index >= 15 is 0 Å². The van der Waals surface area contributed by atoms with Crippen molar-refractivity contribution in [3.8, 4) is 11.5 Å². The van der Waals surface area contributed by atoms with Gasteiger partial charge >= 0.3 is 0 Å². The summed E-state index contributed by atoms with van der Waals surface area (Å²) in [5, 5.41) is 3.31. The maximum Gasteiger partial charge on any atom is 0.265 e. The fourth-order valence-corrected chi connectivity index (χ4v) is 2.56. The molecule has 1 N–H and O–H groups in total. The first-order valence-corrected chi connectivity index (χ1v) is 9.43. The van der Waals surface area contributed by atoms with Crippen molar-refractivity contribution in [2.75, 3.05) is 11.9 Å². The maximum atomic E-state index is 12.3. The first-order valence-electron chi connectivity index (χ1n) is 9.05. The van der Waals surface area contributed by atoms with Crippen LogP contribution >= 0.6 is 11.6 Å². The Morgan fingerprint density at radius 2 is 1.81 bits per heavy atom. The fourth-order valence-electron chi connectivity index (χ4n) is 2.38. The van der Waals surface area contributed by atoms with Gasteiger partial charge in [0.2, 0.25) is 0 Å². The number of nitrogens with one attached hydrogen (secondary N) is 1. The van der Waals surface area contributed by atoms with Crippen molar-refractivity contribution < 1.29 is 14.3 Å². The van der Waals surface area contributed by atoms with Crippen LogP contribution in [0.1, 0.15) is 39.5 Å². The molecule has 0 aliphatic heterocycles. The number of unbranched alkanes of at least 4 members (excludes halogenated alkanes) is 3. The largest absolute Gasteiger partial charge is 0.494 e. The van der Waals surface area contributed by atoms with Gasteiger partial charge in [0, 0.05) is 5.69 Å². The van der Waals surface area contributed by atoms with Gasteiger partial charge in [-0.05, 0) is 49.7 Å². The minimum Gasteiger partial charge on any atom is -0.494 e. The SMILES string of the molecule is CCCCCCOc1ccc(NC(=O)[C@@H](C)Oc2ccccc2Cl)cc1. The summed E-state index contributed by atoms with van der Waals surface area (Å²) < 4.78 is 11.3. The second-order valence-corrected chi connectivity index (χ2v) is 6.52. The molecule has 0 heterocycles. The lowest BCUT2D eigenvalue weighted by Crippen LogP contribution is -2.30. The highest BCUT2D eigenvalue weighted by molar-refractivity contribution is 6.32. The van der Waals surface area contributed by atoms with Gasteiger partial charge in [-0.2, -0.15) is 0 Å². The van der Waals surface area contributed by atoms with E-state index in [2.05, 4.69) is 12.2 Å². The Bertz CT molecular complexity index is 688. The smallest absolute Gasteiger partial charge is 0.265 e. The average Bonchev–Trinajstić information content (AvgIpc) is 2.64. The van der Waals surface area contributed by atoms with E-state index in [1.54, 1.807) is 19.1 Å². The summed E-state index contributed by atoms with van der Waals surface area (Å²) in [7, 11) is 0. The standard InChI is InChI=1S/C21H26ClNO3/c1-3-4-5-8-15-25-18-13-11-17(12-14-18)23-21(24)16(2)26-20-10-7-6-9-19(20)22/h6-7,9-14,16H,3-5,8,15H2,1-2H3,(H,23,24)/t16-/m1/s1. The molecule has 0 aromatic heterocycles. The van der Waals surface area contributed by atoms with Crippen LogP contribution < -0.4 is 14.8 Å². The van der Waals surface area contributed by atoms with Gasteiger partial charge in [0.05, 0.1) is 11.6 Å². The van der Waals surface area contributed by atoms with Crippen LogP contribution in [0.3, 0.4) is 0 Å². The van der Waals surface area contributed by atoms with Gasteiger partial charge in [-0.15, -0.1) is 0 Å². The zero-order valence-electron chi connectivity index (χ0n) is 15.3. The number of amides is 1. The summed E-state index contributed by atoms with van der Waals surface area (Å²) in [6.45, 7) is 4.59. The predicted molar refractivity (Wildman–Crippen MR) is 106 cm³/mol. The molecule has 0 radical (unpaired) electrons. The van der Waals surface area contributed by atoms with E-state index in [-0.39, 0.29) is 5.91 Å². The van der Waals surface area contributed by atoms with E-state index in [0.29, 0.717) is 23.1 Å². The first kappa shape index (κ1) is 20.1. The van der Waals surface area contributed by atoms with E-state index in [0.717, 1.165) is 12.2 Å². The van der Waals surface area contributed by atoms with Gasteiger partial charge in [-0.1, -0.05) is 49.9 Å². The van der Waals surface area contributed by atoms with Crippen molar-refractivity contribution in [2.24, 2.45) is 0 Å². The third kappa shape index (κ3) is 6.60. The Hall–Kier alpha value is -2.20. The predicted octanol–water partition coefficient (Wildman–Crippen LogP) is 5.71. The molecule has 1 atom stereocenters. The molecule has 0 saturated heterocycles. The molecule has 0 fully saturated rings. The van der Waals surface area contributed by atoms with Crippen LogP contribution in [0.4, 0.5) is 5.69 Å². The van der Waals surface area contributed by atoms with E-state index in [9.17, 15) is 4.79 Å². The van der Waals surface area contributed by atoms with Gasteiger partial charge in [0.25, 0.3) is 5.91 Å². The van der Waals surface area contributed by atoms with E-state index in [1.807, 2.05) is 36.4 Å². The lowest BCUT2D eigenvalue weighted by Gasteiger charge is -2.15. The van der Waals surface area contributed by atoms with E-state index < -0.39 is 6.10 Å². The highest BCUT2D eigenvalue weighted by Crippen LogP contribution is 2.24. The van der Waals surface area contributed by atoms with Gasteiger partial charge in [-0.25, -0.2) is 0 Å². The molecule has 2 rings (SSSR count). The fraction of sp³-hybridized carbons (Fsp3) is 0.381. The molecule has 0 saturated carbocycles. The molecule has 5 heteroatoms. The highest BCUT2D eigenvalue weighted by atomic mass is 35.5. The van der Waals surface area contributed by atoms with Gasteiger partial charge < -0.3 is 14.8 Å². The third-order valence-corrected chi connectivity index (χ3v) is 4.21. The molecule has 2 aromatic carbocycles. The minimum atomic E-state index is -0.663. The van der Waals surface area contributed by atoms with E-state index in [4.69, 9.17) is 21.1 Å². The molecular weight excluding hydrogens is 350 g/mol. The van der Waals surface area contributed by atoms with Crippen molar-refractivity contribution in [2.45, 2.75) is 45.6 Å². The van der Waals surface area contributed by atoms with Crippen molar-refractivity contribution >= 4 is 23.2 Å². The summed E-state index contributed by atoms with van der Waals surface area (Å²) in [6, 6.07) is 14.4. The Kier molecular flexibility index (Phi) is 8.29. The average molecular weight is 376 g/mol.